The second-order valence-corrected chi connectivity index (χ2v) is 8.78. The van der Waals surface area contributed by atoms with E-state index >= 15 is 0 Å². The van der Waals surface area contributed by atoms with Gasteiger partial charge in [-0.2, -0.15) is 0 Å². The molecule has 2 N–H and O–H groups in total. The van der Waals surface area contributed by atoms with Crippen molar-refractivity contribution in [2.45, 2.75) is 63.4 Å². The molecule has 3 aromatic rings. The third-order valence-electron chi connectivity index (χ3n) is 6.32. The molecule has 1 fully saturated rings. The predicted molar refractivity (Wildman–Crippen MR) is 132 cm³/mol. The molecule has 1 aliphatic heterocycles. The fraction of sp³-hybridized carbons (Fsp3) is 0.379. The Balaban J connectivity index is 1.61. The predicted octanol–water partition coefficient (Wildman–Crippen LogP) is 4.23. The average Bonchev–Trinajstić information content (AvgIpc) is 2.92. The highest BCUT2D eigenvalue weighted by molar-refractivity contribution is 5.16. The Labute approximate surface area is 207 Å². The van der Waals surface area contributed by atoms with Gasteiger partial charge in [-0.15, -0.1) is 0 Å². The van der Waals surface area contributed by atoms with Crippen molar-refractivity contribution < 1.29 is 29.2 Å². The fourth-order valence-electron chi connectivity index (χ4n) is 4.37. The van der Waals surface area contributed by atoms with Crippen molar-refractivity contribution in [2.75, 3.05) is 6.61 Å². The van der Waals surface area contributed by atoms with Crippen LogP contribution in [0.15, 0.2) is 91.0 Å². The van der Waals surface area contributed by atoms with E-state index in [0.717, 1.165) is 16.7 Å². The topological polar surface area (TPSA) is 77.4 Å². The lowest BCUT2D eigenvalue weighted by atomic mass is 9.90. The molecule has 1 unspecified atom stereocenters. The summed E-state index contributed by atoms with van der Waals surface area (Å²) in [5.74, 6) is -1.64. The Morgan fingerprint density at radius 1 is 0.686 bits per heavy atom. The number of rotatable bonds is 11. The van der Waals surface area contributed by atoms with Crippen molar-refractivity contribution in [3.8, 4) is 0 Å². The van der Waals surface area contributed by atoms with Crippen LogP contribution in [0.2, 0.25) is 0 Å². The van der Waals surface area contributed by atoms with Crippen LogP contribution in [0, 0.1) is 0 Å². The van der Waals surface area contributed by atoms with Crippen LogP contribution >= 0.6 is 0 Å². The van der Waals surface area contributed by atoms with E-state index in [1.807, 2.05) is 97.9 Å². The number of aliphatic hydroxyl groups excluding tert-OH is 1. The van der Waals surface area contributed by atoms with Crippen molar-refractivity contribution in [1.29, 1.82) is 0 Å². The zero-order valence-electron chi connectivity index (χ0n) is 20.0. The average molecular weight is 479 g/mol. The second-order valence-electron chi connectivity index (χ2n) is 8.78. The molecule has 6 heteroatoms. The van der Waals surface area contributed by atoms with Crippen LogP contribution in [-0.2, 0) is 38.8 Å². The van der Waals surface area contributed by atoms with Crippen LogP contribution in [0.5, 0.6) is 0 Å². The molecule has 6 nitrogen and oxygen atoms in total. The summed E-state index contributed by atoms with van der Waals surface area (Å²) in [7, 11) is 0. The Hall–Kier alpha value is -2.58. The number of aliphatic hydroxyl groups is 2. The third kappa shape index (κ3) is 6.55. The maximum atomic E-state index is 11.5. The van der Waals surface area contributed by atoms with Gasteiger partial charge in [0.15, 0.2) is 5.79 Å². The highest BCUT2D eigenvalue weighted by Crippen LogP contribution is 2.37. The highest BCUT2D eigenvalue weighted by atomic mass is 16.7. The molecule has 0 bridgehead atoms. The largest absolute Gasteiger partial charge is 0.394 e. The molecule has 4 rings (SSSR count). The molecule has 0 saturated carbocycles. The first-order valence-electron chi connectivity index (χ1n) is 12.1. The number of hydrogen-bond donors (Lipinski definition) is 2. The van der Waals surface area contributed by atoms with Crippen molar-refractivity contribution in [3.63, 3.8) is 0 Å². The Morgan fingerprint density at radius 3 is 1.54 bits per heavy atom. The summed E-state index contributed by atoms with van der Waals surface area (Å²) in [5.41, 5.74) is 2.95. The van der Waals surface area contributed by atoms with E-state index in [2.05, 4.69) is 0 Å². The van der Waals surface area contributed by atoms with Crippen molar-refractivity contribution in [2.24, 2.45) is 0 Å². The number of hydrogen-bond acceptors (Lipinski definition) is 6. The molecule has 0 radical (unpaired) electrons. The van der Waals surface area contributed by atoms with Gasteiger partial charge in [-0.25, -0.2) is 0 Å². The van der Waals surface area contributed by atoms with Crippen LogP contribution in [0.25, 0.3) is 0 Å². The van der Waals surface area contributed by atoms with Crippen LogP contribution in [0.1, 0.15) is 30.0 Å². The van der Waals surface area contributed by atoms with Crippen LogP contribution in [0.4, 0.5) is 0 Å². The van der Waals surface area contributed by atoms with Gasteiger partial charge in [0.2, 0.25) is 0 Å². The molecule has 1 heterocycles. The molecular formula is C29H34O6. The number of benzene rings is 3. The Morgan fingerprint density at radius 2 is 1.11 bits per heavy atom. The molecular weight excluding hydrogens is 444 g/mol. The first kappa shape index (κ1) is 25.5. The minimum absolute atomic E-state index is 0.263. The Bertz CT molecular complexity index is 999. The molecule has 0 aliphatic carbocycles. The van der Waals surface area contributed by atoms with Crippen molar-refractivity contribution >= 4 is 0 Å². The summed E-state index contributed by atoms with van der Waals surface area (Å²) in [6.45, 7) is 2.40. The highest BCUT2D eigenvalue weighted by Gasteiger charge is 2.55. The van der Waals surface area contributed by atoms with Gasteiger partial charge < -0.3 is 29.2 Å². The van der Waals surface area contributed by atoms with E-state index in [9.17, 15) is 10.2 Å². The van der Waals surface area contributed by atoms with Crippen LogP contribution in [0.3, 0.4) is 0 Å². The van der Waals surface area contributed by atoms with Gasteiger partial charge in [-0.05, 0) is 16.7 Å². The summed E-state index contributed by atoms with van der Waals surface area (Å²) < 4.78 is 25.0. The normalized spacial score (nSPS) is 26.5. The summed E-state index contributed by atoms with van der Waals surface area (Å²) in [6, 6.07) is 29.4. The molecule has 1 saturated heterocycles. The lowest BCUT2D eigenvalue weighted by Crippen LogP contribution is -2.66. The quantitative estimate of drug-likeness (QED) is 0.430. The van der Waals surface area contributed by atoms with Crippen molar-refractivity contribution in [1.82, 2.24) is 0 Å². The van der Waals surface area contributed by atoms with Crippen molar-refractivity contribution in [3.05, 3.63) is 108 Å². The molecule has 35 heavy (non-hydrogen) atoms. The van der Waals surface area contributed by atoms with Gasteiger partial charge in [0.25, 0.3) is 0 Å². The molecule has 0 spiro atoms. The van der Waals surface area contributed by atoms with E-state index in [4.69, 9.17) is 18.9 Å². The van der Waals surface area contributed by atoms with Crippen LogP contribution < -0.4 is 0 Å². The van der Waals surface area contributed by atoms with Gasteiger partial charge >= 0.3 is 0 Å². The van der Waals surface area contributed by atoms with Gasteiger partial charge in [0, 0.05) is 6.42 Å². The van der Waals surface area contributed by atoms with E-state index in [1.54, 1.807) is 0 Å². The van der Waals surface area contributed by atoms with E-state index in [0.29, 0.717) is 13.2 Å². The molecule has 0 amide bonds. The van der Waals surface area contributed by atoms with E-state index in [-0.39, 0.29) is 19.6 Å². The summed E-state index contributed by atoms with van der Waals surface area (Å²) in [5, 5.41) is 21.7. The minimum atomic E-state index is -1.64. The van der Waals surface area contributed by atoms with Gasteiger partial charge in [0.05, 0.1) is 26.4 Å². The van der Waals surface area contributed by atoms with Crippen LogP contribution in [-0.4, -0.2) is 47.0 Å². The summed E-state index contributed by atoms with van der Waals surface area (Å²) in [4.78, 5) is 0. The molecule has 1 aliphatic rings. The summed E-state index contributed by atoms with van der Waals surface area (Å²) >= 11 is 0. The van der Waals surface area contributed by atoms with Gasteiger partial charge in [-0.1, -0.05) is 97.9 Å². The maximum absolute atomic E-state index is 11.5. The number of ether oxygens (including phenoxy) is 4. The Kier molecular flexibility index (Phi) is 9.04. The molecule has 3 aromatic carbocycles. The minimum Gasteiger partial charge on any atom is -0.394 e. The molecule has 5 atom stereocenters. The molecule has 0 aromatic heterocycles. The van der Waals surface area contributed by atoms with Gasteiger partial charge in [0.1, 0.15) is 24.4 Å². The zero-order chi connectivity index (χ0) is 24.5. The second kappa shape index (κ2) is 12.4. The first-order chi connectivity index (χ1) is 17.1. The van der Waals surface area contributed by atoms with E-state index in [1.165, 1.54) is 0 Å². The zero-order valence-corrected chi connectivity index (χ0v) is 20.0. The standard InChI is InChI=1S/C29H34O6/c1-2-29(31)28(34-21-24-16-10-5-11-17-24)27(33-20-23-14-8-4-9-15-23)26(25(18-30)35-29)32-19-22-12-6-3-7-13-22/h3-17,25-28,30-31H,2,18-21H2,1H3/t25-,26-,27+,28-,29?/m1/s1. The SMILES string of the molecule is CCC1(O)O[C@H](CO)[C@@H](OCc2ccccc2)[C@H](OCc2ccccc2)[C@H]1OCc1ccccc1. The smallest absolute Gasteiger partial charge is 0.195 e. The summed E-state index contributed by atoms with van der Waals surface area (Å²) in [6.07, 6.45) is -2.68. The van der Waals surface area contributed by atoms with Gasteiger partial charge in [-0.3, -0.25) is 0 Å². The lowest BCUT2D eigenvalue weighted by molar-refractivity contribution is -0.370. The fourth-order valence-corrected chi connectivity index (χ4v) is 4.37. The lowest BCUT2D eigenvalue weighted by Gasteiger charge is -2.49. The van der Waals surface area contributed by atoms with E-state index < -0.39 is 30.2 Å². The molecule has 186 valence electrons. The maximum Gasteiger partial charge on any atom is 0.195 e. The first-order valence-corrected chi connectivity index (χ1v) is 12.1. The third-order valence-corrected chi connectivity index (χ3v) is 6.32. The monoisotopic (exact) mass is 478 g/mol.